The molecular formula is C15H26O4. The highest BCUT2D eigenvalue weighted by molar-refractivity contribution is 5.70. The van der Waals surface area contributed by atoms with Crippen LogP contribution in [0, 0.1) is 5.92 Å². The zero-order valence-electron chi connectivity index (χ0n) is 12.2. The van der Waals surface area contributed by atoms with Gasteiger partial charge in [-0.05, 0) is 31.6 Å². The second-order valence-electron chi connectivity index (χ2n) is 4.94. The van der Waals surface area contributed by atoms with Crippen LogP contribution in [0.25, 0.3) is 0 Å². The maximum Gasteiger partial charge on any atom is 0.305 e. The molecule has 0 atom stereocenters. The zero-order chi connectivity index (χ0) is 14.5. The molecular weight excluding hydrogens is 244 g/mol. The van der Waals surface area contributed by atoms with Crippen molar-refractivity contribution in [3.8, 4) is 0 Å². The lowest BCUT2D eigenvalue weighted by molar-refractivity contribution is -0.146. The molecule has 0 aromatic carbocycles. The molecule has 110 valence electrons. The fourth-order valence-corrected chi connectivity index (χ4v) is 1.36. The number of hydrogen-bond acceptors (Lipinski definition) is 4. The summed E-state index contributed by atoms with van der Waals surface area (Å²) in [6.07, 6.45) is 5.54. The summed E-state index contributed by atoms with van der Waals surface area (Å²) in [5.41, 5.74) is 0. The van der Waals surface area contributed by atoms with Gasteiger partial charge in [0.05, 0.1) is 13.2 Å². The summed E-state index contributed by atoms with van der Waals surface area (Å²) in [5.74, 6) is -0.0258. The van der Waals surface area contributed by atoms with Crippen LogP contribution < -0.4 is 0 Å². The minimum Gasteiger partial charge on any atom is -0.466 e. The van der Waals surface area contributed by atoms with Crippen molar-refractivity contribution in [2.24, 2.45) is 5.92 Å². The highest BCUT2D eigenvalue weighted by Crippen LogP contribution is 2.04. The van der Waals surface area contributed by atoms with Crippen molar-refractivity contribution in [2.45, 2.75) is 52.4 Å². The van der Waals surface area contributed by atoms with Gasteiger partial charge in [0.15, 0.2) is 0 Å². The van der Waals surface area contributed by atoms with Crippen LogP contribution in [-0.2, 0) is 19.1 Å². The average Bonchev–Trinajstić information content (AvgIpc) is 2.37. The molecule has 0 aromatic rings. The smallest absolute Gasteiger partial charge is 0.305 e. The largest absolute Gasteiger partial charge is 0.466 e. The van der Waals surface area contributed by atoms with Crippen molar-refractivity contribution < 1.29 is 19.1 Å². The van der Waals surface area contributed by atoms with Crippen LogP contribution in [0.5, 0.6) is 0 Å². The van der Waals surface area contributed by atoms with Gasteiger partial charge in [-0.15, -0.1) is 6.58 Å². The summed E-state index contributed by atoms with van der Waals surface area (Å²) in [6, 6.07) is 0. The molecule has 0 unspecified atom stereocenters. The third kappa shape index (κ3) is 12.9. The number of ether oxygens (including phenoxy) is 2. The molecule has 0 fully saturated rings. The Morgan fingerprint density at radius 2 is 1.63 bits per heavy atom. The lowest BCUT2D eigenvalue weighted by atomic mass is 10.2. The van der Waals surface area contributed by atoms with Gasteiger partial charge in [-0.3, -0.25) is 9.59 Å². The number of carbonyl (C=O) groups excluding carboxylic acids is 2. The van der Waals surface area contributed by atoms with Crippen LogP contribution in [-0.4, -0.2) is 25.2 Å². The van der Waals surface area contributed by atoms with Gasteiger partial charge < -0.3 is 9.47 Å². The molecule has 4 nitrogen and oxygen atoms in total. The fourth-order valence-electron chi connectivity index (χ4n) is 1.36. The molecule has 0 radical (unpaired) electrons. The van der Waals surface area contributed by atoms with Crippen LogP contribution in [0.1, 0.15) is 52.4 Å². The van der Waals surface area contributed by atoms with E-state index >= 15 is 0 Å². The van der Waals surface area contributed by atoms with Gasteiger partial charge in [-0.25, -0.2) is 0 Å². The quantitative estimate of drug-likeness (QED) is 0.328. The summed E-state index contributed by atoms with van der Waals surface area (Å²) in [7, 11) is 0. The van der Waals surface area contributed by atoms with E-state index in [2.05, 4.69) is 6.58 Å². The summed E-state index contributed by atoms with van der Waals surface area (Å²) in [6.45, 7) is 8.50. The van der Waals surface area contributed by atoms with Crippen molar-refractivity contribution >= 4 is 11.9 Å². The molecule has 4 heteroatoms. The minimum absolute atomic E-state index is 0.187. The van der Waals surface area contributed by atoms with Crippen LogP contribution in [0.3, 0.4) is 0 Å². The molecule has 0 bridgehead atoms. The SMILES string of the molecule is C=CCCCOC(=O)CCCCC(=O)OCC(C)C. The molecule has 19 heavy (non-hydrogen) atoms. The minimum atomic E-state index is -0.195. The number of unbranched alkanes of at least 4 members (excludes halogenated alkanes) is 2. The predicted octanol–water partition coefficient (Wildman–Crippen LogP) is 3.26. The third-order valence-corrected chi connectivity index (χ3v) is 2.41. The molecule has 0 rings (SSSR count). The van der Waals surface area contributed by atoms with E-state index in [-0.39, 0.29) is 11.9 Å². The van der Waals surface area contributed by atoms with Gasteiger partial charge in [0, 0.05) is 12.8 Å². The number of hydrogen-bond donors (Lipinski definition) is 0. The summed E-state index contributed by atoms with van der Waals surface area (Å²) in [5, 5.41) is 0. The van der Waals surface area contributed by atoms with E-state index in [0.717, 1.165) is 12.8 Å². The van der Waals surface area contributed by atoms with Crippen LogP contribution in [0.2, 0.25) is 0 Å². The van der Waals surface area contributed by atoms with Gasteiger partial charge >= 0.3 is 11.9 Å². The first-order valence-electron chi connectivity index (χ1n) is 6.98. The molecule has 0 spiro atoms. The molecule has 0 saturated carbocycles. The Hall–Kier alpha value is -1.32. The molecule has 0 aromatic heterocycles. The van der Waals surface area contributed by atoms with Gasteiger partial charge in [-0.2, -0.15) is 0 Å². The van der Waals surface area contributed by atoms with E-state index in [1.54, 1.807) is 6.08 Å². The first-order valence-corrected chi connectivity index (χ1v) is 6.98. The van der Waals surface area contributed by atoms with Gasteiger partial charge in [0.1, 0.15) is 0 Å². The first-order chi connectivity index (χ1) is 9.06. The second kappa shape index (κ2) is 11.8. The summed E-state index contributed by atoms with van der Waals surface area (Å²) < 4.78 is 10.1. The van der Waals surface area contributed by atoms with E-state index in [1.807, 2.05) is 13.8 Å². The second-order valence-corrected chi connectivity index (χ2v) is 4.94. The monoisotopic (exact) mass is 270 g/mol. The molecule has 0 saturated heterocycles. The van der Waals surface area contributed by atoms with Gasteiger partial charge in [0.25, 0.3) is 0 Å². The van der Waals surface area contributed by atoms with Crippen molar-refractivity contribution in [1.82, 2.24) is 0 Å². The number of rotatable bonds is 11. The van der Waals surface area contributed by atoms with Crippen LogP contribution in [0.15, 0.2) is 12.7 Å². The number of esters is 2. The van der Waals surface area contributed by atoms with Gasteiger partial charge in [0.2, 0.25) is 0 Å². The van der Waals surface area contributed by atoms with Crippen molar-refractivity contribution in [1.29, 1.82) is 0 Å². The van der Waals surface area contributed by atoms with E-state index in [4.69, 9.17) is 9.47 Å². The predicted molar refractivity (Wildman–Crippen MR) is 74.7 cm³/mol. The lowest BCUT2D eigenvalue weighted by Crippen LogP contribution is -2.10. The molecule has 0 amide bonds. The van der Waals surface area contributed by atoms with E-state index < -0.39 is 0 Å². The van der Waals surface area contributed by atoms with Crippen molar-refractivity contribution in [2.75, 3.05) is 13.2 Å². The first kappa shape index (κ1) is 17.7. The van der Waals surface area contributed by atoms with Crippen molar-refractivity contribution in [3.05, 3.63) is 12.7 Å². The maximum atomic E-state index is 11.3. The third-order valence-electron chi connectivity index (χ3n) is 2.41. The highest BCUT2D eigenvalue weighted by Gasteiger charge is 2.06. The molecule has 0 aliphatic carbocycles. The van der Waals surface area contributed by atoms with Crippen LogP contribution >= 0.6 is 0 Å². The number of allylic oxidation sites excluding steroid dienone is 1. The van der Waals surface area contributed by atoms with Crippen molar-refractivity contribution in [3.63, 3.8) is 0 Å². The summed E-state index contributed by atoms with van der Waals surface area (Å²) >= 11 is 0. The Kier molecular flexibility index (Phi) is 10.9. The molecule has 0 heterocycles. The Morgan fingerprint density at radius 1 is 1.05 bits per heavy atom. The summed E-state index contributed by atoms with van der Waals surface area (Å²) in [4.78, 5) is 22.6. The zero-order valence-corrected chi connectivity index (χ0v) is 12.2. The Morgan fingerprint density at radius 3 is 2.16 bits per heavy atom. The average molecular weight is 270 g/mol. The Bertz CT molecular complexity index is 271. The molecule has 0 aliphatic rings. The fraction of sp³-hybridized carbons (Fsp3) is 0.733. The van der Waals surface area contributed by atoms with E-state index in [9.17, 15) is 9.59 Å². The van der Waals surface area contributed by atoms with E-state index in [0.29, 0.717) is 44.8 Å². The topological polar surface area (TPSA) is 52.6 Å². The van der Waals surface area contributed by atoms with E-state index in [1.165, 1.54) is 0 Å². The molecule has 0 aliphatic heterocycles. The number of carbonyl (C=O) groups is 2. The highest BCUT2D eigenvalue weighted by atomic mass is 16.5. The standard InChI is InChI=1S/C15H26O4/c1-4-5-8-11-18-14(16)9-6-7-10-15(17)19-12-13(2)3/h4,13H,1,5-12H2,2-3H3. The van der Waals surface area contributed by atoms with Crippen LogP contribution in [0.4, 0.5) is 0 Å². The lowest BCUT2D eigenvalue weighted by Gasteiger charge is -2.07. The Labute approximate surface area is 116 Å². The normalized spacial score (nSPS) is 10.3. The Balaban J connectivity index is 3.39. The molecule has 0 N–H and O–H groups in total. The maximum absolute atomic E-state index is 11.3. The van der Waals surface area contributed by atoms with Gasteiger partial charge in [-0.1, -0.05) is 19.9 Å².